The highest BCUT2D eigenvalue weighted by molar-refractivity contribution is 5.21. The third-order valence-electron chi connectivity index (χ3n) is 2.46. The lowest BCUT2D eigenvalue weighted by molar-refractivity contribution is 0.132. The minimum atomic E-state index is -0.437. The smallest absolute Gasteiger partial charge is 0.123 e. The summed E-state index contributed by atoms with van der Waals surface area (Å²) in [6, 6.07) is 5.82. The Hall–Kier alpha value is -0.930. The van der Waals surface area contributed by atoms with Gasteiger partial charge in [-0.2, -0.15) is 0 Å². The lowest BCUT2D eigenvalue weighted by Gasteiger charge is -2.29. The van der Waals surface area contributed by atoms with Gasteiger partial charge < -0.3 is 10.8 Å². The maximum Gasteiger partial charge on any atom is 0.123 e. The van der Waals surface area contributed by atoms with Crippen LogP contribution >= 0.6 is 0 Å². The van der Waals surface area contributed by atoms with Gasteiger partial charge in [0.05, 0.1) is 0 Å². The minimum Gasteiger partial charge on any atom is -0.396 e. The lowest BCUT2D eigenvalue weighted by Crippen LogP contribution is -2.32. The Kier molecular flexibility index (Phi) is 3.24. The zero-order valence-electron chi connectivity index (χ0n) is 8.50. The highest BCUT2D eigenvalue weighted by atomic mass is 19.1. The Morgan fingerprint density at radius 2 is 2.14 bits per heavy atom. The number of hydrogen-bond acceptors (Lipinski definition) is 2. The largest absolute Gasteiger partial charge is 0.396 e. The van der Waals surface area contributed by atoms with E-state index in [1.54, 1.807) is 12.1 Å². The van der Waals surface area contributed by atoms with Gasteiger partial charge in [-0.1, -0.05) is 26.0 Å². The summed E-state index contributed by atoms with van der Waals surface area (Å²) in [5.74, 6) is -0.299. The summed E-state index contributed by atoms with van der Waals surface area (Å²) >= 11 is 0. The zero-order chi connectivity index (χ0) is 10.8. The molecule has 1 aromatic carbocycles. The molecule has 1 atom stereocenters. The van der Waals surface area contributed by atoms with E-state index >= 15 is 0 Å². The topological polar surface area (TPSA) is 46.2 Å². The van der Waals surface area contributed by atoms with Crippen LogP contribution in [0, 0.1) is 11.2 Å². The van der Waals surface area contributed by atoms with E-state index in [4.69, 9.17) is 10.8 Å². The monoisotopic (exact) mass is 197 g/mol. The number of hydrogen-bond donors (Lipinski definition) is 2. The molecule has 78 valence electrons. The Morgan fingerprint density at radius 1 is 1.50 bits per heavy atom. The Balaban J connectivity index is 2.94. The normalized spacial score (nSPS) is 14.1. The van der Waals surface area contributed by atoms with E-state index < -0.39 is 5.41 Å². The van der Waals surface area contributed by atoms with Gasteiger partial charge >= 0.3 is 0 Å². The third kappa shape index (κ3) is 2.30. The van der Waals surface area contributed by atoms with E-state index in [9.17, 15) is 4.39 Å². The van der Waals surface area contributed by atoms with Crippen LogP contribution in [0.5, 0.6) is 0 Å². The number of nitrogens with two attached hydrogens (primary N) is 1. The van der Waals surface area contributed by atoms with Crippen LogP contribution in [0.1, 0.15) is 25.5 Å². The number of aliphatic hydroxyl groups is 1. The van der Waals surface area contributed by atoms with Crippen LogP contribution < -0.4 is 5.73 Å². The molecular formula is C11H16FNO. The van der Waals surface area contributed by atoms with Gasteiger partial charge in [0.25, 0.3) is 0 Å². The number of benzene rings is 1. The second kappa shape index (κ2) is 4.07. The van der Waals surface area contributed by atoms with E-state index in [2.05, 4.69) is 0 Å². The van der Waals surface area contributed by atoms with E-state index in [1.807, 2.05) is 13.8 Å². The van der Waals surface area contributed by atoms with Crippen molar-refractivity contribution in [3.8, 4) is 0 Å². The van der Waals surface area contributed by atoms with Gasteiger partial charge in [-0.25, -0.2) is 4.39 Å². The van der Waals surface area contributed by atoms with E-state index in [0.717, 1.165) is 0 Å². The summed E-state index contributed by atoms with van der Waals surface area (Å²) in [6.45, 7) is 3.68. The average molecular weight is 197 g/mol. The van der Waals surface area contributed by atoms with Crippen LogP contribution in [-0.2, 0) is 0 Å². The lowest BCUT2D eigenvalue weighted by atomic mass is 9.82. The molecule has 0 saturated heterocycles. The van der Waals surface area contributed by atoms with Gasteiger partial charge in [0.15, 0.2) is 0 Å². The van der Waals surface area contributed by atoms with E-state index in [-0.39, 0.29) is 18.5 Å². The number of aliphatic hydroxyl groups excluding tert-OH is 1. The fraction of sp³-hybridized carbons (Fsp3) is 0.455. The van der Waals surface area contributed by atoms with Gasteiger partial charge in [0.1, 0.15) is 5.82 Å². The molecule has 0 heterocycles. The third-order valence-corrected chi connectivity index (χ3v) is 2.46. The average Bonchev–Trinajstić information content (AvgIpc) is 2.16. The van der Waals surface area contributed by atoms with Crippen LogP contribution in [0.4, 0.5) is 4.39 Å². The fourth-order valence-electron chi connectivity index (χ4n) is 1.25. The van der Waals surface area contributed by atoms with Crippen molar-refractivity contribution in [2.24, 2.45) is 11.1 Å². The number of halogens is 1. The highest BCUT2D eigenvalue weighted by Crippen LogP contribution is 2.30. The Labute approximate surface area is 83.6 Å². The summed E-state index contributed by atoms with van der Waals surface area (Å²) < 4.78 is 12.9. The molecule has 0 aliphatic carbocycles. The molecule has 0 amide bonds. The van der Waals surface area contributed by atoms with Gasteiger partial charge in [-0.3, -0.25) is 0 Å². The van der Waals surface area contributed by atoms with Gasteiger partial charge in [-0.05, 0) is 17.7 Å². The van der Waals surface area contributed by atoms with E-state index in [0.29, 0.717) is 5.56 Å². The minimum absolute atomic E-state index is 0.0231. The van der Waals surface area contributed by atoms with Crippen LogP contribution in [0.3, 0.4) is 0 Å². The predicted molar refractivity (Wildman–Crippen MR) is 54.2 cm³/mol. The van der Waals surface area contributed by atoms with Gasteiger partial charge in [0, 0.05) is 18.1 Å². The fourth-order valence-corrected chi connectivity index (χ4v) is 1.25. The van der Waals surface area contributed by atoms with E-state index in [1.165, 1.54) is 12.1 Å². The summed E-state index contributed by atoms with van der Waals surface area (Å²) in [7, 11) is 0. The number of rotatable bonds is 3. The van der Waals surface area contributed by atoms with Gasteiger partial charge in [-0.15, -0.1) is 0 Å². The van der Waals surface area contributed by atoms with Crippen molar-refractivity contribution in [3.05, 3.63) is 35.6 Å². The Bertz CT molecular complexity index is 312. The van der Waals surface area contributed by atoms with Crippen molar-refractivity contribution >= 4 is 0 Å². The molecule has 0 saturated carbocycles. The molecule has 3 heteroatoms. The van der Waals surface area contributed by atoms with Crippen LogP contribution in [-0.4, -0.2) is 11.7 Å². The van der Waals surface area contributed by atoms with Gasteiger partial charge in [0.2, 0.25) is 0 Å². The maximum atomic E-state index is 12.9. The van der Waals surface area contributed by atoms with Crippen LogP contribution in [0.15, 0.2) is 24.3 Å². The quantitative estimate of drug-likeness (QED) is 0.776. The highest BCUT2D eigenvalue weighted by Gasteiger charge is 2.26. The summed E-state index contributed by atoms with van der Waals surface area (Å²) in [6.07, 6.45) is 0. The van der Waals surface area contributed by atoms with Crippen molar-refractivity contribution in [3.63, 3.8) is 0 Å². The molecule has 0 spiro atoms. The van der Waals surface area contributed by atoms with Crippen molar-refractivity contribution in [1.29, 1.82) is 0 Å². The molecule has 0 aromatic heterocycles. The molecule has 1 aromatic rings. The Morgan fingerprint density at radius 3 is 2.64 bits per heavy atom. The first kappa shape index (κ1) is 11.1. The molecule has 2 nitrogen and oxygen atoms in total. The molecule has 0 radical (unpaired) electrons. The standard InChI is InChI=1S/C11H16FNO/c1-11(2,7-14)10(13)8-4-3-5-9(12)6-8/h3-6,10,14H,7,13H2,1-2H3. The first-order valence-electron chi connectivity index (χ1n) is 4.59. The zero-order valence-corrected chi connectivity index (χ0v) is 8.50. The second-order valence-electron chi connectivity index (χ2n) is 4.18. The summed E-state index contributed by atoms with van der Waals surface area (Å²) in [5, 5.41) is 9.12. The molecule has 14 heavy (non-hydrogen) atoms. The molecule has 0 aliphatic heterocycles. The molecule has 0 aliphatic rings. The van der Waals surface area contributed by atoms with Crippen LogP contribution in [0.25, 0.3) is 0 Å². The molecule has 1 rings (SSSR count). The molecule has 0 fully saturated rings. The predicted octanol–water partition coefficient (Wildman–Crippen LogP) is 1.84. The maximum absolute atomic E-state index is 12.9. The SMILES string of the molecule is CC(C)(CO)C(N)c1cccc(F)c1. The summed E-state index contributed by atoms with van der Waals surface area (Å²) in [4.78, 5) is 0. The molecule has 3 N–H and O–H groups in total. The molecular weight excluding hydrogens is 181 g/mol. The van der Waals surface area contributed by atoms with Crippen molar-refractivity contribution in [1.82, 2.24) is 0 Å². The summed E-state index contributed by atoms with van der Waals surface area (Å²) in [5.41, 5.74) is 6.20. The van der Waals surface area contributed by atoms with Crippen molar-refractivity contribution in [2.45, 2.75) is 19.9 Å². The first-order chi connectivity index (χ1) is 6.47. The van der Waals surface area contributed by atoms with Crippen molar-refractivity contribution < 1.29 is 9.50 Å². The second-order valence-corrected chi connectivity index (χ2v) is 4.18. The molecule has 0 bridgehead atoms. The van der Waals surface area contributed by atoms with Crippen molar-refractivity contribution in [2.75, 3.05) is 6.61 Å². The first-order valence-corrected chi connectivity index (χ1v) is 4.59. The molecule has 1 unspecified atom stereocenters. The van der Waals surface area contributed by atoms with Crippen LogP contribution in [0.2, 0.25) is 0 Å².